The molecule has 0 bridgehead atoms. The van der Waals surface area contributed by atoms with Gasteiger partial charge in [0.1, 0.15) is 12.0 Å². The summed E-state index contributed by atoms with van der Waals surface area (Å²) in [6.45, 7) is 1.18. The highest BCUT2D eigenvalue weighted by Crippen LogP contribution is 2.23. The molecule has 3 aromatic rings. The second-order valence-electron chi connectivity index (χ2n) is 5.25. The van der Waals surface area contributed by atoms with E-state index in [0.717, 1.165) is 21.9 Å². The highest BCUT2D eigenvalue weighted by atomic mass is 32.1. The third-order valence-corrected chi connectivity index (χ3v) is 4.40. The fourth-order valence-corrected chi connectivity index (χ4v) is 2.92. The predicted octanol–water partition coefficient (Wildman–Crippen LogP) is 3.28. The number of aliphatic imine (C=N–C) groups is 1. The summed E-state index contributed by atoms with van der Waals surface area (Å²) < 4.78 is 10.7. The first-order valence-electron chi connectivity index (χ1n) is 7.84. The molecule has 3 rings (SSSR count). The highest BCUT2D eigenvalue weighted by molar-refractivity contribution is 7.13. The highest BCUT2D eigenvalue weighted by Gasteiger charge is 2.08. The van der Waals surface area contributed by atoms with E-state index in [-0.39, 0.29) is 0 Å². The minimum absolute atomic E-state index is 0.534. The monoisotopic (exact) mass is 356 g/mol. The molecule has 1 aromatic carbocycles. The van der Waals surface area contributed by atoms with E-state index >= 15 is 0 Å². The van der Waals surface area contributed by atoms with Crippen LogP contribution in [-0.2, 0) is 13.1 Å². The smallest absolute Gasteiger partial charge is 0.236 e. The predicted molar refractivity (Wildman–Crippen MR) is 99.8 cm³/mol. The van der Waals surface area contributed by atoms with Crippen LogP contribution in [-0.4, -0.2) is 25.1 Å². The summed E-state index contributed by atoms with van der Waals surface area (Å²) in [6, 6.07) is 11.9. The summed E-state index contributed by atoms with van der Waals surface area (Å²) >= 11 is 1.60. The minimum Gasteiger partial charge on any atom is -0.497 e. The topological polar surface area (TPSA) is 71.7 Å². The average Bonchev–Trinajstić information content (AvgIpc) is 3.33. The summed E-state index contributed by atoms with van der Waals surface area (Å²) in [5.74, 6) is 2.18. The van der Waals surface area contributed by atoms with E-state index in [1.807, 2.05) is 41.8 Å². The SMILES string of the molecule is CN=C(NCc1cccc(OC)c1)NCc1coc(-c2cccs2)n1. The van der Waals surface area contributed by atoms with Gasteiger partial charge in [-0.2, -0.15) is 0 Å². The van der Waals surface area contributed by atoms with Gasteiger partial charge in [0.2, 0.25) is 5.89 Å². The van der Waals surface area contributed by atoms with Crippen molar-refractivity contribution in [1.82, 2.24) is 15.6 Å². The maximum atomic E-state index is 5.51. The number of hydrogen-bond donors (Lipinski definition) is 2. The normalized spacial score (nSPS) is 11.4. The second kappa shape index (κ2) is 8.34. The van der Waals surface area contributed by atoms with Crippen molar-refractivity contribution >= 4 is 17.3 Å². The Bertz CT molecular complexity index is 827. The number of nitrogens with one attached hydrogen (secondary N) is 2. The Morgan fingerprint density at radius 2 is 2.12 bits per heavy atom. The van der Waals surface area contributed by atoms with Gasteiger partial charge in [-0.3, -0.25) is 4.99 Å². The third kappa shape index (κ3) is 4.60. The molecule has 6 nitrogen and oxygen atoms in total. The number of rotatable bonds is 6. The molecule has 0 saturated carbocycles. The van der Waals surface area contributed by atoms with Crippen LogP contribution in [0.5, 0.6) is 5.75 Å². The van der Waals surface area contributed by atoms with Gasteiger partial charge in [-0.1, -0.05) is 18.2 Å². The Kier molecular flexibility index (Phi) is 5.69. The van der Waals surface area contributed by atoms with Gasteiger partial charge in [-0.25, -0.2) is 4.98 Å². The zero-order valence-corrected chi connectivity index (χ0v) is 15.0. The molecular weight excluding hydrogens is 336 g/mol. The lowest BCUT2D eigenvalue weighted by Gasteiger charge is -2.11. The van der Waals surface area contributed by atoms with Gasteiger partial charge in [0.15, 0.2) is 5.96 Å². The van der Waals surface area contributed by atoms with Crippen LogP contribution >= 0.6 is 11.3 Å². The van der Waals surface area contributed by atoms with Gasteiger partial charge in [-0.05, 0) is 29.1 Å². The molecule has 0 aliphatic rings. The van der Waals surface area contributed by atoms with Gasteiger partial charge in [-0.15, -0.1) is 11.3 Å². The van der Waals surface area contributed by atoms with E-state index in [1.165, 1.54) is 0 Å². The Balaban J connectivity index is 1.52. The molecule has 0 atom stereocenters. The third-order valence-electron chi connectivity index (χ3n) is 3.54. The molecular formula is C18H20N4O2S. The van der Waals surface area contributed by atoms with E-state index in [9.17, 15) is 0 Å². The van der Waals surface area contributed by atoms with E-state index < -0.39 is 0 Å². The van der Waals surface area contributed by atoms with Crippen LogP contribution in [0.3, 0.4) is 0 Å². The van der Waals surface area contributed by atoms with Crippen molar-refractivity contribution in [2.75, 3.05) is 14.2 Å². The Hall–Kier alpha value is -2.80. The molecule has 0 aliphatic heterocycles. The van der Waals surface area contributed by atoms with Crippen LogP contribution < -0.4 is 15.4 Å². The summed E-state index contributed by atoms with van der Waals surface area (Å²) in [6.07, 6.45) is 1.66. The first kappa shape index (κ1) is 17.0. The summed E-state index contributed by atoms with van der Waals surface area (Å²) in [5, 5.41) is 8.50. The molecule has 2 heterocycles. The number of hydrogen-bond acceptors (Lipinski definition) is 5. The maximum absolute atomic E-state index is 5.51. The molecule has 0 unspecified atom stereocenters. The van der Waals surface area contributed by atoms with Crippen molar-refractivity contribution in [2.45, 2.75) is 13.1 Å². The first-order chi connectivity index (χ1) is 12.3. The molecule has 0 spiro atoms. The molecule has 0 saturated heterocycles. The molecule has 2 N–H and O–H groups in total. The summed E-state index contributed by atoms with van der Waals surface area (Å²) in [7, 11) is 3.40. The van der Waals surface area contributed by atoms with Gasteiger partial charge in [0.25, 0.3) is 0 Å². The molecule has 7 heteroatoms. The molecule has 130 valence electrons. The van der Waals surface area contributed by atoms with Crippen molar-refractivity contribution in [3.63, 3.8) is 0 Å². The summed E-state index contributed by atoms with van der Waals surface area (Å²) in [4.78, 5) is 9.73. The number of oxazole rings is 1. The van der Waals surface area contributed by atoms with E-state index in [0.29, 0.717) is 24.9 Å². The van der Waals surface area contributed by atoms with Crippen LogP contribution in [0, 0.1) is 0 Å². The zero-order chi connectivity index (χ0) is 17.5. The standard InChI is InChI=1S/C18H20N4O2S/c1-19-18(20-10-13-5-3-6-15(9-13)23-2)21-11-14-12-24-17(22-14)16-7-4-8-25-16/h3-9,12H,10-11H2,1-2H3,(H2,19,20,21). The molecule has 0 aliphatic carbocycles. The molecule has 0 fully saturated rings. The fourth-order valence-electron chi connectivity index (χ4n) is 2.26. The van der Waals surface area contributed by atoms with E-state index in [1.54, 1.807) is 31.8 Å². The maximum Gasteiger partial charge on any atom is 0.236 e. The minimum atomic E-state index is 0.534. The van der Waals surface area contributed by atoms with Gasteiger partial charge >= 0.3 is 0 Å². The molecule has 25 heavy (non-hydrogen) atoms. The van der Waals surface area contributed by atoms with Crippen LogP contribution in [0.15, 0.2) is 57.5 Å². The van der Waals surface area contributed by atoms with Crippen molar-refractivity contribution < 1.29 is 9.15 Å². The lowest BCUT2D eigenvalue weighted by molar-refractivity contribution is 0.414. The molecule has 2 aromatic heterocycles. The van der Waals surface area contributed by atoms with Crippen LogP contribution in [0.2, 0.25) is 0 Å². The van der Waals surface area contributed by atoms with Crippen LogP contribution in [0.1, 0.15) is 11.3 Å². The van der Waals surface area contributed by atoms with Crippen molar-refractivity contribution in [3.05, 3.63) is 59.3 Å². The van der Waals surface area contributed by atoms with E-state index in [2.05, 4.69) is 20.6 Å². The molecule has 0 amide bonds. The van der Waals surface area contributed by atoms with Crippen molar-refractivity contribution in [1.29, 1.82) is 0 Å². The largest absolute Gasteiger partial charge is 0.497 e. The van der Waals surface area contributed by atoms with Crippen LogP contribution in [0.25, 0.3) is 10.8 Å². The van der Waals surface area contributed by atoms with Crippen LogP contribution in [0.4, 0.5) is 0 Å². The number of nitrogens with zero attached hydrogens (tertiary/aromatic N) is 2. The number of benzene rings is 1. The Morgan fingerprint density at radius 1 is 1.24 bits per heavy atom. The number of guanidine groups is 1. The lowest BCUT2D eigenvalue weighted by Crippen LogP contribution is -2.36. The number of ether oxygens (including phenoxy) is 1. The van der Waals surface area contributed by atoms with Gasteiger partial charge in [0.05, 0.1) is 24.2 Å². The number of thiophene rings is 1. The number of aromatic nitrogens is 1. The van der Waals surface area contributed by atoms with E-state index in [4.69, 9.17) is 9.15 Å². The lowest BCUT2D eigenvalue weighted by atomic mass is 10.2. The molecule has 0 radical (unpaired) electrons. The second-order valence-corrected chi connectivity index (χ2v) is 6.20. The quantitative estimate of drug-likeness (QED) is 0.524. The summed E-state index contributed by atoms with van der Waals surface area (Å²) in [5.41, 5.74) is 1.94. The van der Waals surface area contributed by atoms with Crippen molar-refractivity contribution in [2.24, 2.45) is 4.99 Å². The first-order valence-corrected chi connectivity index (χ1v) is 8.72. The average molecular weight is 356 g/mol. The Labute approximate surface area is 150 Å². The van der Waals surface area contributed by atoms with Gasteiger partial charge in [0, 0.05) is 13.6 Å². The zero-order valence-electron chi connectivity index (χ0n) is 14.2. The van der Waals surface area contributed by atoms with Gasteiger partial charge < -0.3 is 19.8 Å². The fraction of sp³-hybridized carbons (Fsp3) is 0.222. The number of methoxy groups -OCH3 is 1. The van der Waals surface area contributed by atoms with Crippen molar-refractivity contribution in [3.8, 4) is 16.5 Å². The Morgan fingerprint density at radius 3 is 2.88 bits per heavy atom.